The Morgan fingerprint density at radius 2 is 2.15 bits per heavy atom. The molecule has 1 saturated heterocycles. The summed E-state index contributed by atoms with van der Waals surface area (Å²) in [6.07, 6.45) is 5.14. The van der Waals surface area contributed by atoms with E-state index in [4.69, 9.17) is 4.74 Å². The maximum Gasteiger partial charge on any atom is 0.119 e. The Morgan fingerprint density at radius 3 is 2.90 bits per heavy atom. The molecule has 1 aliphatic carbocycles. The first-order chi connectivity index (χ1) is 9.78. The summed E-state index contributed by atoms with van der Waals surface area (Å²) >= 11 is 0. The van der Waals surface area contributed by atoms with Crippen LogP contribution >= 0.6 is 0 Å². The molecule has 0 saturated carbocycles. The normalized spacial score (nSPS) is 23.8. The second-order valence-electron chi connectivity index (χ2n) is 6.16. The van der Waals surface area contributed by atoms with Crippen molar-refractivity contribution in [2.45, 2.75) is 44.7 Å². The molecule has 20 heavy (non-hydrogen) atoms. The van der Waals surface area contributed by atoms with Crippen LogP contribution in [0.15, 0.2) is 18.2 Å². The molecule has 3 nitrogen and oxygen atoms in total. The van der Waals surface area contributed by atoms with Gasteiger partial charge in [-0.1, -0.05) is 6.07 Å². The first kappa shape index (κ1) is 13.9. The van der Waals surface area contributed by atoms with Gasteiger partial charge in [0.1, 0.15) is 5.75 Å². The molecule has 1 fully saturated rings. The highest BCUT2D eigenvalue weighted by atomic mass is 16.5. The molecular weight excluding hydrogens is 248 g/mol. The van der Waals surface area contributed by atoms with Crippen LogP contribution in [0.3, 0.4) is 0 Å². The number of benzene rings is 1. The molecule has 1 aromatic rings. The van der Waals surface area contributed by atoms with E-state index in [2.05, 4.69) is 35.3 Å². The van der Waals surface area contributed by atoms with Crippen molar-refractivity contribution in [3.63, 3.8) is 0 Å². The lowest BCUT2D eigenvalue weighted by Gasteiger charge is -2.26. The summed E-state index contributed by atoms with van der Waals surface area (Å²) in [5, 5.41) is 3.77. The van der Waals surface area contributed by atoms with Gasteiger partial charge in [-0.05, 0) is 69.0 Å². The van der Waals surface area contributed by atoms with E-state index < -0.39 is 0 Å². The standard InChI is InChI=1S/C17H26N2O/c1-13(19-9-3-4-10-19)12-18-17-8-6-14-5-7-15(20-2)11-16(14)17/h5,7,11,13,17-18H,3-4,6,8-10,12H2,1-2H3. The van der Waals surface area contributed by atoms with E-state index in [1.54, 1.807) is 7.11 Å². The highest BCUT2D eigenvalue weighted by molar-refractivity contribution is 5.40. The van der Waals surface area contributed by atoms with Crippen LogP contribution in [0, 0.1) is 0 Å². The van der Waals surface area contributed by atoms with Gasteiger partial charge in [-0.2, -0.15) is 0 Å². The molecule has 0 aromatic heterocycles. The molecule has 2 atom stereocenters. The van der Waals surface area contributed by atoms with Crippen LogP contribution in [0.2, 0.25) is 0 Å². The predicted molar refractivity (Wildman–Crippen MR) is 82.3 cm³/mol. The summed E-state index contributed by atoms with van der Waals surface area (Å²) in [7, 11) is 1.74. The number of aryl methyl sites for hydroxylation is 1. The lowest BCUT2D eigenvalue weighted by Crippen LogP contribution is -2.39. The van der Waals surface area contributed by atoms with E-state index in [9.17, 15) is 0 Å². The van der Waals surface area contributed by atoms with Gasteiger partial charge in [0, 0.05) is 18.6 Å². The van der Waals surface area contributed by atoms with Crippen LogP contribution in [-0.4, -0.2) is 37.7 Å². The minimum absolute atomic E-state index is 0.505. The number of rotatable bonds is 5. The molecule has 1 aliphatic heterocycles. The third-order valence-corrected chi connectivity index (χ3v) is 4.85. The number of nitrogens with one attached hydrogen (secondary N) is 1. The van der Waals surface area contributed by atoms with Crippen molar-refractivity contribution < 1.29 is 4.74 Å². The van der Waals surface area contributed by atoms with E-state index in [1.165, 1.54) is 49.9 Å². The van der Waals surface area contributed by atoms with Crippen LogP contribution in [0.4, 0.5) is 0 Å². The Balaban J connectivity index is 1.60. The van der Waals surface area contributed by atoms with Gasteiger partial charge in [0.05, 0.1) is 7.11 Å². The van der Waals surface area contributed by atoms with Gasteiger partial charge in [0.2, 0.25) is 0 Å². The zero-order valence-electron chi connectivity index (χ0n) is 12.7. The average Bonchev–Trinajstić information content (AvgIpc) is 3.13. The minimum Gasteiger partial charge on any atom is -0.497 e. The van der Waals surface area contributed by atoms with E-state index >= 15 is 0 Å². The number of fused-ring (bicyclic) bond motifs is 1. The highest BCUT2D eigenvalue weighted by Gasteiger charge is 2.24. The van der Waals surface area contributed by atoms with Gasteiger partial charge >= 0.3 is 0 Å². The van der Waals surface area contributed by atoms with Gasteiger partial charge < -0.3 is 10.1 Å². The van der Waals surface area contributed by atoms with Gasteiger partial charge in [-0.25, -0.2) is 0 Å². The largest absolute Gasteiger partial charge is 0.497 e. The molecule has 3 heteroatoms. The number of nitrogens with zero attached hydrogens (tertiary/aromatic N) is 1. The molecule has 0 spiro atoms. The first-order valence-electron chi connectivity index (χ1n) is 7.92. The van der Waals surface area contributed by atoms with Gasteiger partial charge in [0.15, 0.2) is 0 Å². The van der Waals surface area contributed by atoms with Crippen LogP contribution in [0.25, 0.3) is 0 Å². The minimum atomic E-state index is 0.505. The zero-order chi connectivity index (χ0) is 13.9. The number of hydrogen-bond acceptors (Lipinski definition) is 3. The van der Waals surface area contributed by atoms with Crippen molar-refractivity contribution in [3.05, 3.63) is 29.3 Å². The molecule has 2 aliphatic rings. The molecular formula is C17H26N2O. The monoisotopic (exact) mass is 274 g/mol. The SMILES string of the molecule is COc1ccc2c(c1)C(NCC(C)N1CCCC1)CC2. The Morgan fingerprint density at radius 1 is 1.35 bits per heavy atom. The number of hydrogen-bond donors (Lipinski definition) is 1. The third kappa shape index (κ3) is 2.84. The fourth-order valence-electron chi connectivity index (χ4n) is 3.54. The van der Waals surface area contributed by atoms with E-state index in [0.29, 0.717) is 12.1 Å². The molecule has 110 valence electrons. The van der Waals surface area contributed by atoms with Crippen molar-refractivity contribution >= 4 is 0 Å². The fraction of sp³-hybridized carbons (Fsp3) is 0.647. The summed E-state index contributed by atoms with van der Waals surface area (Å²) in [6, 6.07) is 7.66. The van der Waals surface area contributed by atoms with Crippen LogP contribution in [0.5, 0.6) is 5.75 Å². The summed E-state index contributed by atoms with van der Waals surface area (Å²) in [6.45, 7) is 5.98. The summed E-state index contributed by atoms with van der Waals surface area (Å²) < 4.78 is 5.36. The topological polar surface area (TPSA) is 24.5 Å². The molecule has 1 heterocycles. The highest BCUT2D eigenvalue weighted by Crippen LogP contribution is 2.33. The predicted octanol–water partition coefficient (Wildman–Crippen LogP) is 2.76. The van der Waals surface area contributed by atoms with Crippen molar-refractivity contribution in [2.75, 3.05) is 26.7 Å². The summed E-state index contributed by atoms with van der Waals surface area (Å²) in [5.74, 6) is 0.977. The quantitative estimate of drug-likeness (QED) is 0.893. The smallest absolute Gasteiger partial charge is 0.119 e. The van der Waals surface area contributed by atoms with Crippen molar-refractivity contribution in [2.24, 2.45) is 0 Å². The molecule has 0 amide bonds. The van der Waals surface area contributed by atoms with Crippen molar-refractivity contribution in [1.82, 2.24) is 10.2 Å². The Hall–Kier alpha value is -1.06. The average molecular weight is 274 g/mol. The molecule has 1 N–H and O–H groups in total. The van der Waals surface area contributed by atoms with Crippen LogP contribution in [-0.2, 0) is 6.42 Å². The van der Waals surface area contributed by atoms with Crippen LogP contribution < -0.4 is 10.1 Å². The Kier molecular flexibility index (Phi) is 4.27. The van der Waals surface area contributed by atoms with E-state index in [0.717, 1.165) is 12.3 Å². The van der Waals surface area contributed by atoms with Gasteiger partial charge in [-0.3, -0.25) is 4.90 Å². The van der Waals surface area contributed by atoms with Gasteiger partial charge in [-0.15, -0.1) is 0 Å². The van der Waals surface area contributed by atoms with E-state index in [1.807, 2.05) is 0 Å². The summed E-state index contributed by atoms with van der Waals surface area (Å²) in [4.78, 5) is 2.61. The third-order valence-electron chi connectivity index (χ3n) is 4.85. The second kappa shape index (κ2) is 6.15. The Bertz CT molecular complexity index is 454. The van der Waals surface area contributed by atoms with Crippen molar-refractivity contribution in [1.29, 1.82) is 0 Å². The van der Waals surface area contributed by atoms with Crippen LogP contribution in [0.1, 0.15) is 43.4 Å². The Labute approximate surface area is 122 Å². The molecule has 0 radical (unpaired) electrons. The maximum atomic E-state index is 5.36. The lowest BCUT2D eigenvalue weighted by atomic mass is 10.1. The molecule has 3 rings (SSSR count). The molecule has 0 bridgehead atoms. The zero-order valence-corrected chi connectivity index (χ0v) is 12.7. The molecule has 2 unspecified atom stereocenters. The molecule has 1 aromatic carbocycles. The van der Waals surface area contributed by atoms with E-state index in [-0.39, 0.29) is 0 Å². The fourth-order valence-corrected chi connectivity index (χ4v) is 3.54. The number of likely N-dealkylation sites (tertiary alicyclic amines) is 1. The summed E-state index contributed by atoms with van der Waals surface area (Å²) in [5.41, 5.74) is 2.93. The first-order valence-corrected chi connectivity index (χ1v) is 7.92. The number of ether oxygens (including phenoxy) is 1. The number of methoxy groups -OCH3 is 1. The van der Waals surface area contributed by atoms with Gasteiger partial charge in [0.25, 0.3) is 0 Å². The maximum absolute atomic E-state index is 5.36. The second-order valence-corrected chi connectivity index (χ2v) is 6.16. The lowest BCUT2D eigenvalue weighted by molar-refractivity contribution is 0.245. The van der Waals surface area contributed by atoms with Crippen molar-refractivity contribution in [3.8, 4) is 5.75 Å².